The van der Waals surface area contributed by atoms with Crippen LogP contribution in [0.4, 0.5) is 0 Å². The van der Waals surface area contributed by atoms with Gasteiger partial charge in [0.2, 0.25) is 0 Å². The smallest absolute Gasteiger partial charge is 0.348 e. The van der Waals surface area contributed by atoms with Crippen LogP contribution in [0.2, 0.25) is 10.0 Å². The zero-order chi connectivity index (χ0) is 28.7. The summed E-state index contributed by atoms with van der Waals surface area (Å²) in [5.74, 6) is -0.378. The first-order chi connectivity index (χ1) is 18.5. The topological polar surface area (TPSA) is 127 Å². The molecule has 1 aliphatic rings. The van der Waals surface area contributed by atoms with Crippen molar-refractivity contribution in [2.75, 3.05) is 6.61 Å². The van der Waals surface area contributed by atoms with E-state index >= 15 is 0 Å². The minimum Gasteiger partial charge on any atom is -0.459 e. The lowest BCUT2D eigenvalue weighted by molar-refractivity contribution is -0.116. The van der Waals surface area contributed by atoms with E-state index in [0.29, 0.717) is 21.3 Å². The average Bonchev–Trinajstić information content (AvgIpc) is 3.47. The summed E-state index contributed by atoms with van der Waals surface area (Å²) in [4.78, 5) is 13.8. The molecule has 7 nitrogen and oxygen atoms in total. The Morgan fingerprint density at radius 3 is 2.33 bits per heavy atom. The third-order valence-corrected chi connectivity index (χ3v) is 9.49. The highest BCUT2D eigenvalue weighted by atomic mass is 35.5. The van der Waals surface area contributed by atoms with Crippen molar-refractivity contribution in [3.8, 4) is 0 Å². The monoisotopic (exact) mass is 622 g/mol. The fraction of sp³-hybridized carbons (Fsp3) is 0.607. The molecule has 2 aromatic rings. The first-order valence-corrected chi connectivity index (χ1v) is 15.3. The van der Waals surface area contributed by atoms with Gasteiger partial charge in [-0.2, -0.15) is 0 Å². The Hall–Kier alpha value is -0.940. The molecule has 218 valence electrons. The van der Waals surface area contributed by atoms with Crippen LogP contribution in [-0.2, 0) is 17.6 Å². The predicted octanol–water partition coefficient (Wildman–Crippen LogP) is 4.63. The Bertz CT molecular complexity index is 1050. The van der Waals surface area contributed by atoms with E-state index in [1.165, 1.54) is 11.3 Å². The maximum atomic E-state index is 12.4. The quantitative estimate of drug-likeness (QED) is 0.153. The highest BCUT2D eigenvalue weighted by molar-refractivity contribution is 7.13. The number of carbonyl (C=O) groups excluding carboxylic acids is 1. The van der Waals surface area contributed by atoms with E-state index in [4.69, 9.17) is 39.5 Å². The zero-order valence-electron chi connectivity index (χ0n) is 21.8. The summed E-state index contributed by atoms with van der Waals surface area (Å²) in [5, 5.41) is 51.1. The van der Waals surface area contributed by atoms with Crippen molar-refractivity contribution in [1.82, 2.24) is 0 Å². The second kappa shape index (κ2) is 15.3. The normalized spacial score (nSPS) is 24.3. The van der Waals surface area contributed by atoms with Crippen LogP contribution in [0.3, 0.4) is 0 Å². The molecular formula is C28H37Cl3O7S. The van der Waals surface area contributed by atoms with Gasteiger partial charge in [0, 0.05) is 20.3 Å². The minimum atomic E-state index is -1.64. The van der Waals surface area contributed by atoms with E-state index in [0.717, 1.165) is 42.5 Å². The van der Waals surface area contributed by atoms with Crippen LogP contribution < -0.4 is 0 Å². The molecule has 11 heteroatoms. The molecule has 0 saturated heterocycles. The van der Waals surface area contributed by atoms with E-state index in [-0.39, 0.29) is 23.6 Å². The lowest BCUT2D eigenvalue weighted by Crippen LogP contribution is -2.46. The maximum Gasteiger partial charge on any atom is 0.348 e. The number of halogens is 3. The van der Waals surface area contributed by atoms with Gasteiger partial charge in [-0.15, -0.1) is 22.9 Å². The summed E-state index contributed by atoms with van der Waals surface area (Å²) in [7, 11) is 0. The van der Waals surface area contributed by atoms with Crippen molar-refractivity contribution in [3.63, 3.8) is 0 Å². The molecule has 0 aliphatic heterocycles. The molecule has 0 bridgehead atoms. The molecule has 0 radical (unpaired) electrons. The molecule has 39 heavy (non-hydrogen) atoms. The number of hydrogen-bond donors (Lipinski definition) is 5. The molecule has 3 rings (SSSR count). The van der Waals surface area contributed by atoms with Crippen molar-refractivity contribution in [1.29, 1.82) is 0 Å². The van der Waals surface area contributed by atoms with Crippen LogP contribution in [0, 0.1) is 11.8 Å². The molecule has 0 amide bonds. The van der Waals surface area contributed by atoms with Gasteiger partial charge in [-0.1, -0.05) is 30.1 Å². The highest BCUT2D eigenvalue weighted by Crippen LogP contribution is 2.42. The molecule has 1 saturated carbocycles. The Morgan fingerprint density at radius 2 is 1.67 bits per heavy atom. The summed E-state index contributed by atoms with van der Waals surface area (Å²) in [6, 6.07) is 9.00. The van der Waals surface area contributed by atoms with E-state index in [1.54, 1.807) is 19.1 Å². The van der Waals surface area contributed by atoms with Crippen LogP contribution in [0.1, 0.15) is 59.1 Å². The number of aryl methyl sites for hydroxylation is 2. The number of aliphatic hydroxyl groups is 5. The Kier molecular flexibility index (Phi) is 12.8. The predicted molar refractivity (Wildman–Crippen MR) is 154 cm³/mol. The second-order valence-electron chi connectivity index (χ2n) is 10.2. The fourth-order valence-corrected chi connectivity index (χ4v) is 7.20. The number of ether oxygens (including phenoxy) is 1. The number of thiophene rings is 1. The first kappa shape index (κ1) is 32.6. The van der Waals surface area contributed by atoms with Gasteiger partial charge >= 0.3 is 5.97 Å². The molecule has 5 N–H and O–H groups in total. The molecular weight excluding hydrogens is 587 g/mol. The standard InChI is InChI=1S/C28H37Cl3O7S/c1-2-22(32)26(35)27(36)24(34)14-38-28(37)25-9-7-18(39-25)4-3-5-19-20(23(33)13-21(19)31)8-6-15-10-16(29)12-17(30)11-15/h7,9-12,19-24,26-27,32-36H,2-6,8,13-14H2,1H3/t19-,20-,21-,22+,23-,24+,26+,27-/m1/s1. The van der Waals surface area contributed by atoms with E-state index in [9.17, 15) is 30.3 Å². The third-order valence-electron chi connectivity index (χ3n) is 7.43. The molecule has 1 heterocycles. The number of rotatable bonds is 14. The van der Waals surface area contributed by atoms with Crippen molar-refractivity contribution in [2.24, 2.45) is 11.8 Å². The van der Waals surface area contributed by atoms with Crippen LogP contribution in [0.5, 0.6) is 0 Å². The van der Waals surface area contributed by atoms with Gasteiger partial charge in [-0.3, -0.25) is 0 Å². The first-order valence-electron chi connectivity index (χ1n) is 13.2. The minimum absolute atomic E-state index is 0.0814. The Balaban J connectivity index is 1.46. The van der Waals surface area contributed by atoms with Gasteiger partial charge in [-0.05, 0) is 92.7 Å². The second-order valence-corrected chi connectivity index (χ2v) is 12.8. The number of benzene rings is 1. The number of hydrogen-bond acceptors (Lipinski definition) is 8. The summed E-state index contributed by atoms with van der Waals surface area (Å²) >= 11 is 20.2. The largest absolute Gasteiger partial charge is 0.459 e. The molecule has 0 unspecified atom stereocenters. The maximum absolute atomic E-state index is 12.4. The average molecular weight is 624 g/mol. The fourth-order valence-electron chi connectivity index (χ4n) is 5.19. The lowest BCUT2D eigenvalue weighted by atomic mass is 9.85. The van der Waals surface area contributed by atoms with Gasteiger partial charge < -0.3 is 30.3 Å². The van der Waals surface area contributed by atoms with Gasteiger partial charge in [0.05, 0.1) is 12.2 Å². The van der Waals surface area contributed by atoms with Gasteiger partial charge in [0.1, 0.15) is 29.8 Å². The van der Waals surface area contributed by atoms with E-state index in [1.807, 2.05) is 18.2 Å². The van der Waals surface area contributed by atoms with Gasteiger partial charge in [-0.25, -0.2) is 4.79 Å². The summed E-state index contributed by atoms with van der Waals surface area (Å²) < 4.78 is 5.10. The van der Waals surface area contributed by atoms with Crippen molar-refractivity contribution >= 4 is 52.1 Å². The molecule has 1 fully saturated rings. The summed E-state index contributed by atoms with van der Waals surface area (Å²) in [5.41, 5.74) is 1.03. The van der Waals surface area contributed by atoms with Gasteiger partial charge in [0.25, 0.3) is 0 Å². The molecule has 1 aromatic heterocycles. The molecule has 1 aromatic carbocycles. The molecule has 8 atom stereocenters. The van der Waals surface area contributed by atoms with Crippen LogP contribution >= 0.6 is 46.1 Å². The number of carbonyl (C=O) groups is 1. The lowest BCUT2D eigenvalue weighted by Gasteiger charge is -2.25. The Labute approximate surface area is 248 Å². The van der Waals surface area contributed by atoms with Crippen molar-refractivity contribution < 1.29 is 35.1 Å². The van der Waals surface area contributed by atoms with Crippen LogP contribution in [0.25, 0.3) is 0 Å². The Morgan fingerprint density at radius 1 is 1.00 bits per heavy atom. The SMILES string of the molecule is CC[C@H](O)[C@H](O)[C@H](O)[C@@H](O)COC(=O)c1ccc(CCC[C@@H]2[C@@H](CCc3cc(Cl)cc(Cl)c3)[C@H](O)C[C@H]2Cl)s1. The van der Waals surface area contributed by atoms with Crippen molar-refractivity contribution in [3.05, 3.63) is 55.7 Å². The summed E-state index contributed by atoms with van der Waals surface area (Å²) in [6.07, 6.45) is -1.60. The van der Waals surface area contributed by atoms with Crippen LogP contribution in [0.15, 0.2) is 30.3 Å². The highest BCUT2D eigenvalue weighted by Gasteiger charge is 2.40. The number of esters is 1. The number of alkyl halides is 1. The van der Waals surface area contributed by atoms with Crippen LogP contribution in [-0.4, -0.2) is 74.0 Å². The van der Waals surface area contributed by atoms with E-state index < -0.39 is 43.1 Å². The molecule has 1 aliphatic carbocycles. The third kappa shape index (κ3) is 9.28. The summed E-state index contributed by atoms with van der Waals surface area (Å²) in [6.45, 7) is 1.12. The van der Waals surface area contributed by atoms with Crippen molar-refractivity contribution in [2.45, 2.75) is 87.8 Å². The van der Waals surface area contributed by atoms with Gasteiger partial charge in [0.15, 0.2) is 0 Å². The zero-order valence-corrected chi connectivity index (χ0v) is 24.8. The number of aliphatic hydroxyl groups excluding tert-OH is 5. The molecule has 0 spiro atoms. The van der Waals surface area contributed by atoms with E-state index in [2.05, 4.69) is 0 Å².